The number of ether oxygens (including phenoxy) is 2. The largest absolute Gasteiger partial charge is 0.381 e. The van der Waals surface area contributed by atoms with E-state index in [2.05, 4.69) is 26.1 Å². The van der Waals surface area contributed by atoms with Crippen molar-refractivity contribution >= 4 is 0 Å². The Morgan fingerprint density at radius 2 is 2.25 bits per heavy atom. The van der Waals surface area contributed by atoms with E-state index in [0.29, 0.717) is 12.0 Å². The fourth-order valence-corrected chi connectivity index (χ4v) is 2.81. The SMILES string of the molecule is CCOC(C)(CC)C(NC)C1CCCOC1. The lowest BCUT2D eigenvalue weighted by molar-refractivity contribution is -0.0857. The van der Waals surface area contributed by atoms with Crippen molar-refractivity contribution in [3.63, 3.8) is 0 Å². The zero-order chi connectivity index (χ0) is 12.0. The number of hydrogen-bond acceptors (Lipinski definition) is 3. The third-order valence-electron chi connectivity index (χ3n) is 3.81. The fourth-order valence-electron chi connectivity index (χ4n) is 2.81. The van der Waals surface area contributed by atoms with E-state index in [1.54, 1.807) is 0 Å². The Balaban J connectivity index is 2.68. The molecule has 1 N–H and O–H groups in total. The van der Waals surface area contributed by atoms with Crippen LogP contribution >= 0.6 is 0 Å². The molecule has 0 spiro atoms. The van der Waals surface area contributed by atoms with Crippen LogP contribution in [0.15, 0.2) is 0 Å². The molecule has 1 aliphatic rings. The molecule has 0 aliphatic carbocycles. The molecule has 96 valence electrons. The van der Waals surface area contributed by atoms with Crippen molar-refractivity contribution in [1.82, 2.24) is 5.32 Å². The lowest BCUT2D eigenvalue weighted by Crippen LogP contribution is -2.55. The Hall–Kier alpha value is -0.120. The Kier molecular flexibility index (Phi) is 5.73. The second-order valence-corrected chi connectivity index (χ2v) is 4.84. The van der Waals surface area contributed by atoms with Gasteiger partial charge in [-0.3, -0.25) is 0 Å². The topological polar surface area (TPSA) is 30.5 Å². The van der Waals surface area contributed by atoms with Crippen molar-refractivity contribution in [2.24, 2.45) is 5.92 Å². The zero-order valence-electron chi connectivity index (χ0n) is 11.2. The minimum absolute atomic E-state index is 0.0745. The van der Waals surface area contributed by atoms with Crippen molar-refractivity contribution in [3.05, 3.63) is 0 Å². The van der Waals surface area contributed by atoms with E-state index < -0.39 is 0 Å². The molecule has 3 heteroatoms. The van der Waals surface area contributed by atoms with Crippen molar-refractivity contribution in [2.75, 3.05) is 26.9 Å². The van der Waals surface area contributed by atoms with Gasteiger partial charge in [0.2, 0.25) is 0 Å². The maximum absolute atomic E-state index is 5.97. The van der Waals surface area contributed by atoms with Crippen molar-refractivity contribution < 1.29 is 9.47 Å². The molecule has 1 rings (SSSR count). The molecule has 0 aromatic carbocycles. The normalized spacial score (nSPS) is 27.4. The van der Waals surface area contributed by atoms with E-state index in [9.17, 15) is 0 Å². The van der Waals surface area contributed by atoms with E-state index in [1.165, 1.54) is 12.8 Å². The first kappa shape index (κ1) is 13.9. The van der Waals surface area contributed by atoms with Gasteiger partial charge in [-0.15, -0.1) is 0 Å². The van der Waals surface area contributed by atoms with Crippen LogP contribution in [0.25, 0.3) is 0 Å². The summed E-state index contributed by atoms with van der Waals surface area (Å²) in [7, 11) is 2.03. The minimum Gasteiger partial charge on any atom is -0.381 e. The smallest absolute Gasteiger partial charge is 0.0807 e. The van der Waals surface area contributed by atoms with Crippen LogP contribution in [0.1, 0.15) is 40.0 Å². The standard InChI is InChI=1S/C13H27NO2/c1-5-13(3,16-6-2)12(14-4)11-8-7-9-15-10-11/h11-12,14H,5-10H2,1-4H3. The van der Waals surface area contributed by atoms with Gasteiger partial charge in [-0.05, 0) is 40.2 Å². The van der Waals surface area contributed by atoms with Crippen molar-refractivity contribution in [1.29, 1.82) is 0 Å². The first-order valence-corrected chi connectivity index (χ1v) is 6.57. The fraction of sp³-hybridized carbons (Fsp3) is 1.00. The van der Waals surface area contributed by atoms with Crippen LogP contribution < -0.4 is 5.32 Å². The Morgan fingerprint density at radius 3 is 2.69 bits per heavy atom. The highest BCUT2D eigenvalue weighted by molar-refractivity contribution is 4.93. The van der Waals surface area contributed by atoms with Gasteiger partial charge in [0.05, 0.1) is 12.2 Å². The molecule has 3 nitrogen and oxygen atoms in total. The summed E-state index contributed by atoms with van der Waals surface area (Å²) < 4.78 is 11.6. The van der Waals surface area contributed by atoms with Gasteiger partial charge >= 0.3 is 0 Å². The molecular formula is C13H27NO2. The molecule has 3 atom stereocenters. The monoisotopic (exact) mass is 229 g/mol. The number of likely N-dealkylation sites (N-methyl/N-ethyl adjacent to an activating group) is 1. The predicted octanol–water partition coefficient (Wildman–Crippen LogP) is 2.21. The lowest BCUT2D eigenvalue weighted by atomic mass is 9.81. The van der Waals surface area contributed by atoms with Gasteiger partial charge in [-0.1, -0.05) is 6.92 Å². The second-order valence-electron chi connectivity index (χ2n) is 4.84. The minimum atomic E-state index is -0.0745. The summed E-state index contributed by atoms with van der Waals surface area (Å²) in [6, 6.07) is 0.387. The molecule has 0 aromatic rings. The highest BCUT2D eigenvalue weighted by Gasteiger charge is 2.38. The van der Waals surface area contributed by atoms with Crippen molar-refractivity contribution in [3.8, 4) is 0 Å². The van der Waals surface area contributed by atoms with Crippen LogP contribution in [0.4, 0.5) is 0 Å². The van der Waals surface area contributed by atoms with Gasteiger partial charge in [0.15, 0.2) is 0 Å². The van der Waals surface area contributed by atoms with Crippen LogP contribution in [-0.4, -0.2) is 38.5 Å². The zero-order valence-corrected chi connectivity index (χ0v) is 11.2. The van der Waals surface area contributed by atoms with Crippen LogP contribution in [0.5, 0.6) is 0 Å². The highest BCUT2D eigenvalue weighted by Crippen LogP contribution is 2.29. The molecule has 0 amide bonds. The lowest BCUT2D eigenvalue weighted by Gasteiger charge is -2.42. The molecule has 1 aliphatic heterocycles. The van der Waals surface area contributed by atoms with E-state index in [-0.39, 0.29) is 5.60 Å². The first-order chi connectivity index (χ1) is 7.68. The van der Waals surface area contributed by atoms with Crippen LogP contribution in [0.3, 0.4) is 0 Å². The van der Waals surface area contributed by atoms with Crippen LogP contribution in [-0.2, 0) is 9.47 Å². The second kappa shape index (κ2) is 6.58. The summed E-state index contributed by atoms with van der Waals surface area (Å²) in [5, 5.41) is 3.44. The summed E-state index contributed by atoms with van der Waals surface area (Å²) in [6.07, 6.45) is 3.45. The molecule has 3 unspecified atom stereocenters. The molecule has 0 radical (unpaired) electrons. The summed E-state index contributed by atoms with van der Waals surface area (Å²) in [6.45, 7) is 9.04. The van der Waals surface area contributed by atoms with Crippen molar-refractivity contribution in [2.45, 2.75) is 51.7 Å². The van der Waals surface area contributed by atoms with Gasteiger partial charge in [0, 0.05) is 25.2 Å². The molecule has 1 fully saturated rings. The average Bonchev–Trinajstić information content (AvgIpc) is 2.31. The summed E-state index contributed by atoms with van der Waals surface area (Å²) in [5.74, 6) is 0.579. The third kappa shape index (κ3) is 3.19. The summed E-state index contributed by atoms with van der Waals surface area (Å²) >= 11 is 0. The summed E-state index contributed by atoms with van der Waals surface area (Å²) in [5.41, 5.74) is -0.0745. The maximum Gasteiger partial charge on any atom is 0.0807 e. The third-order valence-corrected chi connectivity index (χ3v) is 3.81. The van der Waals surface area contributed by atoms with Gasteiger partial charge in [-0.25, -0.2) is 0 Å². The number of rotatable bonds is 6. The number of nitrogens with one attached hydrogen (secondary N) is 1. The average molecular weight is 229 g/mol. The van der Waals surface area contributed by atoms with Gasteiger partial charge in [-0.2, -0.15) is 0 Å². The molecule has 16 heavy (non-hydrogen) atoms. The molecule has 1 heterocycles. The summed E-state index contributed by atoms with van der Waals surface area (Å²) in [4.78, 5) is 0. The van der Waals surface area contributed by atoms with Crippen LogP contribution in [0, 0.1) is 5.92 Å². The number of hydrogen-bond donors (Lipinski definition) is 1. The van der Waals surface area contributed by atoms with Gasteiger partial charge < -0.3 is 14.8 Å². The van der Waals surface area contributed by atoms with E-state index in [0.717, 1.165) is 26.2 Å². The molecular weight excluding hydrogens is 202 g/mol. The highest BCUT2D eigenvalue weighted by atomic mass is 16.5. The maximum atomic E-state index is 5.97. The Labute approximate surface area is 99.9 Å². The molecule has 0 saturated carbocycles. The van der Waals surface area contributed by atoms with Gasteiger partial charge in [0.25, 0.3) is 0 Å². The predicted molar refractivity (Wildman–Crippen MR) is 66.7 cm³/mol. The molecule has 0 bridgehead atoms. The molecule has 1 saturated heterocycles. The van der Waals surface area contributed by atoms with E-state index in [1.807, 2.05) is 7.05 Å². The Morgan fingerprint density at radius 1 is 1.50 bits per heavy atom. The van der Waals surface area contributed by atoms with E-state index >= 15 is 0 Å². The quantitative estimate of drug-likeness (QED) is 0.757. The van der Waals surface area contributed by atoms with E-state index in [4.69, 9.17) is 9.47 Å². The van der Waals surface area contributed by atoms with Gasteiger partial charge in [0.1, 0.15) is 0 Å². The van der Waals surface area contributed by atoms with Crippen LogP contribution in [0.2, 0.25) is 0 Å². The Bertz CT molecular complexity index is 192. The molecule has 0 aromatic heterocycles. The first-order valence-electron chi connectivity index (χ1n) is 6.57.